The van der Waals surface area contributed by atoms with E-state index in [1.54, 1.807) is 12.3 Å². The number of ether oxygens (including phenoxy) is 1. The molecular weight excluding hydrogens is 328 g/mol. The number of nitriles is 1. The van der Waals surface area contributed by atoms with Crippen LogP contribution < -0.4 is 15.8 Å². The lowest BCUT2D eigenvalue weighted by atomic mass is 9.98. The van der Waals surface area contributed by atoms with Crippen molar-refractivity contribution in [1.82, 2.24) is 4.98 Å². The number of amides is 1. The summed E-state index contributed by atoms with van der Waals surface area (Å²) < 4.78 is 5.83. The number of pyridine rings is 1. The van der Waals surface area contributed by atoms with Gasteiger partial charge in [0.15, 0.2) is 0 Å². The lowest BCUT2D eigenvalue weighted by molar-refractivity contribution is -0.115. The summed E-state index contributed by atoms with van der Waals surface area (Å²) in [7, 11) is 0. The van der Waals surface area contributed by atoms with Gasteiger partial charge in [-0.3, -0.25) is 4.79 Å². The number of hydrogen-bond donors (Lipinski definition) is 2. The van der Waals surface area contributed by atoms with Crippen molar-refractivity contribution in [3.8, 4) is 22.9 Å². The third-order valence-corrected chi connectivity index (χ3v) is 4.36. The fourth-order valence-electron chi connectivity index (χ4n) is 3.23. The Morgan fingerprint density at radius 3 is 2.92 bits per heavy atom. The van der Waals surface area contributed by atoms with Gasteiger partial charge < -0.3 is 15.8 Å². The highest BCUT2D eigenvalue weighted by molar-refractivity contribution is 6.00. The zero-order valence-corrected chi connectivity index (χ0v) is 15.0. The topological polar surface area (TPSA) is 101 Å². The van der Waals surface area contributed by atoms with Gasteiger partial charge in [-0.1, -0.05) is 13.0 Å². The number of benzene rings is 1. The molecule has 1 aromatic carbocycles. The fraction of sp³-hybridized carbons (Fsp3) is 0.350. The molecule has 2 heterocycles. The van der Waals surface area contributed by atoms with E-state index in [0.29, 0.717) is 36.1 Å². The van der Waals surface area contributed by atoms with Crippen molar-refractivity contribution in [2.45, 2.75) is 32.7 Å². The summed E-state index contributed by atoms with van der Waals surface area (Å²) in [4.78, 5) is 15.9. The summed E-state index contributed by atoms with van der Waals surface area (Å²) in [5, 5.41) is 12.3. The van der Waals surface area contributed by atoms with Crippen molar-refractivity contribution >= 4 is 11.7 Å². The van der Waals surface area contributed by atoms with Crippen LogP contribution in [0.5, 0.6) is 5.75 Å². The van der Waals surface area contributed by atoms with Gasteiger partial charge >= 0.3 is 0 Å². The Morgan fingerprint density at radius 2 is 2.19 bits per heavy atom. The molecule has 1 amide bonds. The maximum Gasteiger partial charge on any atom is 0.230 e. The summed E-state index contributed by atoms with van der Waals surface area (Å²) in [6, 6.07) is 9.69. The highest BCUT2D eigenvalue weighted by Crippen LogP contribution is 2.34. The number of hydrogen-bond acceptors (Lipinski definition) is 5. The molecule has 26 heavy (non-hydrogen) atoms. The van der Waals surface area contributed by atoms with Crippen LogP contribution in [0.1, 0.15) is 31.4 Å². The SMILES string of the molecule is CC(N)CC(C)COc1ccc(-c2ccnc3c2CC(=O)N3)cc1C#N. The van der Waals surface area contributed by atoms with Crippen LogP contribution in [0.3, 0.4) is 0 Å². The molecular formula is C20H22N4O2. The van der Waals surface area contributed by atoms with E-state index in [9.17, 15) is 10.1 Å². The Kier molecular flexibility index (Phi) is 5.19. The van der Waals surface area contributed by atoms with Gasteiger partial charge in [0.05, 0.1) is 18.6 Å². The Labute approximate surface area is 153 Å². The average molecular weight is 350 g/mol. The number of anilines is 1. The van der Waals surface area contributed by atoms with Crippen LogP contribution in [0.25, 0.3) is 11.1 Å². The molecule has 0 saturated heterocycles. The van der Waals surface area contributed by atoms with Crippen LogP contribution in [0.4, 0.5) is 5.82 Å². The van der Waals surface area contributed by atoms with Crippen LogP contribution in [0.2, 0.25) is 0 Å². The lowest BCUT2D eigenvalue weighted by Gasteiger charge is -2.16. The van der Waals surface area contributed by atoms with E-state index in [4.69, 9.17) is 10.5 Å². The first-order valence-corrected chi connectivity index (χ1v) is 8.68. The first-order chi connectivity index (χ1) is 12.5. The summed E-state index contributed by atoms with van der Waals surface area (Å²) in [5.41, 5.74) is 8.92. The van der Waals surface area contributed by atoms with Crippen molar-refractivity contribution in [3.63, 3.8) is 0 Å². The first kappa shape index (κ1) is 17.9. The molecule has 1 aliphatic rings. The van der Waals surface area contributed by atoms with E-state index >= 15 is 0 Å². The van der Waals surface area contributed by atoms with E-state index in [0.717, 1.165) is 23.1 Å². The van der Waals surface area contributed by atoms with Gasteiger partial charge in [-0.25, -0.2) is 4.98 Å². The first-order valence-electron chi connectivity index (χ1n) is 8.68. The molecule has 0 saturated carbocycles. The number of nitrogens with two attached hydrogens (primary N) is 1. The quantitative estimate of drug-likeness (QED) is 0.834. The van der Waals surface area contributed by atoms with Crippen molar-refractivity contribution < 1.29 is 9.53 Å². The van der Waals surface area contributed by atoms with Gasteiger partial charge in [0.25, 0.3) is 0 Å². The molecule has 134 valence electrons. The summed E-state index contributed by atoms with van der Waals surface area (Å²) >= 11 is 0. The largest absolute Gasteiger partial charge is 0.492 e. The van der Waals surface area contributed by atoms with Gasteiger partial charge in [0, 0.05) is 17.8 Å². The van der Waals surface area contributed by atoms with E-state index in [1.165, 1.54) is 0 Å². The zero-order chi connectivity index (χ0) is 18.7. The molecule has 3 rings (SSSR count). The van der Waals surface area contributed by atoms with E-state index < -0.39 is 0 Å². The maximum absolute atomic E-state index is 11.7. The Bertz CT molecular complexity index is 871. The maximum atomic E-state index is 11.7. The molecule has 0 fully saturated rings. The number of rotatable bonds is 6. The van der Waals surface area contributed by atoms with Gasteiger partial charge in [-0.15, -0.1) is 0 Å². The predicted octanol–water partition coefficient (Wildman–Crippen LogP) is 2.87. The second-order valence-corrected chi connectivity index (χ2v) is 6.86. The van der Waals surface area contributed by atoms with Gasteiger partial charge in [-0.2, -0.15) is 5.26 Å². The van der Waals surface area contributed by atoms with E-state index in [-0.39, 0.29) is 11.9 Å². The number of fused-ring (bicyclic) bond motifs is 1. The summed E-state index contributed by atoms with van der Waals surface area (Å²) in [5.74, 6) is 1.40. The minimum atomic E-state index is -0.0662. The molecule has 0 radical (unpaired) electrons. The third-order valence-electron chi connectivity index (χ3n) is 4.36. The molecule has 2 atom stereocenters. The summed E-state index contributed by atoms with van der Waals surface area (Å²) in [6.45, 7) is 4.56. The monoisotopic (exact) mass is 350 g/mol. The zero-order valence-electron chi connectivity index (χ0n) is 15.0. The number of aromatic nitrogens is 1. The fourth-order valence-corrected chi connectivity index (χ4v) is 3.23. The van der Waals surface area contributed by atoms with Crippen molar-refractivity contribution in [2.75, 3.05) is 11.9 Å². The highest BCUT2D eigenvalue weighted by Gasteiger charge is 2.23. The van der Waals surface area contributed by atoms with E-state index in [2.05, 4.69) is 23.3 Å². The van der Waals surface area contributed by atoms with Crippen molar-refractivity contribution in [2.24, 2.45) is 11.7 Å². The normalized spacial score (nSPS) is 14.9. The van der Waals surface area contributed by atoms with E-state index in [1.807, 2.05) is 25.1 Å². The van der Waals surface area contributed by atoms with Crippen LogP contribution in [0.15, 0.2) is 30.5 Å². The van der Waals surface area contributed by atoms with Crippen molar-refractivity contribution in [1.29, 1.82) is 5.26 Å². The molecule has 6 heteroatoms. The molecule has 1 aliphatic heterocycles. The number of carbonyl (C=O) groups excluding carboxylic acids is 1. The Balaban J connectivity index is 1.83. The molecule has 0 aliphatic carbocycles. The molecule has 6 nitrogen and oxygen atoms in total. The van der Waals surface area contributed by atoms with Crippen LogP contribution >= 0.6 is 0 Å². The molecule has 2 aromatic rings. The third kappa shape index (κ3) is 3.84. The van der Waals surface area contributed by atoms with Crippen LogP contribution in [0, 0.1) is 17.2 Å². The number of nitrogens with zero attached hydrogens (tertiary/aromatic N) is 2. The highest BCUT2D eigenvalue weighted by atomic mass is 16.5. The lowest BCUT2D eigenvalue weighted by Crippen LogP contribution is -2.21. The van der Waals surface area contributed by atoms with Gasteiger partial charge in [-0.05, 0) is 48.6 Å². The van der Waals surface area contributed by atoms with Gasteiger partial charge in [0.2, 0.25) is 5.91 Å². The molecule has 0 bridgehead atoms. The number of carbonyl (C=O) groups is 1. The van der Waals surface area contributed by atoms with Crippen molar-refractivity contribution in [3.05, 3.63) is 41.6 Å². The molecule has 0 spiro atoms. The molecule has 2 unspecified atom stereocenters. The smallest absolute Gasteiger partial charge is 0.230 e. The Hall–Kier alpha value is -2.91. The molecule has 3 N–H and O–H groups in total. The second kappa shape index (κ2) is 7.54. The Morgan fingerprint density at radius 1 is 1.38 bits per heavy atom. The second-order valence-electron chi connectivity index (χ2n) is 6.86. The van der Waals surface area contributed by atoms with Crippen LogP contribution in [-0.4, -0.2) is 23.5 Å². The summed E-state index contributed by atoms with van der Waals surface area (Å²) in [6.07, 6.45) is 2.82. The van der Waals surface area contributed by atoms with Gasteiger partial charge in [0.1, 0.15) is 17.6 Å². The minimum absolute atomic E-state index is 0.0662. The number of nitrogens with one attached hydrogen (secondary N) is 1. The van der Waals surface area contributed by atoms with Crippen LogP contribution in [-0.2, 0) is 11.2 Å². The molecule has 1 aromatic heterocycles. The average Bonchev–Trinajstić information content (AvgIpc) is 2.99. The standard InChI is InChI=1S/C20H22N4O2/c1-12(7-13(2)22)11-26-18-4-3-14(8-15(18)10-21)16-5-6-23-20-17(16)9-19(25)24-20/h3-6,8,12-13H,7,9,11,22H2,1-2H3,(H,23,24,25). The predicted molar refractivity (Wildman–Crippen MR) is 99.6 cm³/mol. The minimum Gasteiger partial charge on any atom is -0.492 e.